The summed E-state index contributed by atoms with van der Waals surface area (Å²) in [5, 5.41) is 3.29. The highest BCUT2D eigenvalue weighted by Gasteiger charge is 1.98. The van der Waals surface area contributed by atoms with Crippen LogP contribution in [0.4, 0.5) is 11.4 Å². The molecule has 3 nitrogen and oxygen atoms in total. The zero-order valence-corrected chi connectivity index (χ0v) is 9.12. The number of nitrogens with zero attached hydrogens (tertiary/aromatic N) is 1. The molecule has 0 aromatic heterocycles. The van der Waals surface area contributed by atoms with E-state index in [0.29, 0.717) is 0 Å². The van der Waals surface area contributed by atoms with Crippen molar-refractivity contribution in [1.29, 1.82) is 0 Å². The molecular weight excluding hydrogens is 174 g/mol. The molecule has 3 N–H and O–H groups in total. The highest BCUT2D eigenvalue weighted by Crippen LogP contribution is 2.16. The van der Waals surface area contributed by atoms with Gasteiger partial charge in [-0.2, -0.15) is 0 Å². The molecule has 0 fully saturated rings. The summed E-state index contributed by atoms with van der Waals surface area (Å²) < 4.78 is 0. The van der Waals surface area contributed by atoms with Crippen molar-refractivity contribution in [3.05, 3.63) is 24.3 Å². The second-order valence-electron chi connectivity index (χ2n) is 3.80. The summed E-state index contributed by atoms with van der Waals surface area (Å²) in [6, 6.07) is 8.46. The van der Waals surface area contributed by atoms with E-state index in [4.69, 9.17) is 5.73 Å². The lowest BCUT2D eigenvalue weighted by molar-refractivity contribution is 0.780. The minimum Gasteiger partial charge on any atom is -0.383 e. The highest BCUT2D eigenvalue weighted by molar-refractivity contribution is 5.57. The van der Waals surface area contributed by atoms with Crippen LogP contribution < -0.4 is 16.0 Å². The second kappa shape index (κ2) is 4.86. The van der Waals surface area contributed by atoms with Crippen molar-refractivity contribution in [2.45, 2.75) is 13.0 Å². The van der Waals surface area contributed by atoms with Gasteiger partial charge in [-0.25, -0.2) is 0 Å². The standard InChI is InChI=1S/C11H19N3/c1-9(12)8-13-10-5-4-6-11(7-10)14(2)3/h4-7,9,13H,8,12H2,1-3H3. The Morgan fingerprint density at radius 3 is 2.71 bits per heavy atom. The van der Waals surface area contributed by atoms with E-state index in [-0.39, 0.29) is 6.04 Å². The van der Waals surface area contributed by atoms with Crippen molar-refractivity contribution in [3.63, 3.8) is 0 Å². The van der Waals surface area contributed by atoms with Gasteiger partial charge in [0, 0.05) is 38.1 Å². The summed E-state index contributed by atoms with van der Waals surface area (Å²) in [6.45, 7) is 2.79. The lowest BCUT2D eigenvalue weighted by Crippen LogP contribution is -2.25. The Hall–Kier alpha value is -1.22. The molecule has 0 aliphatic carbocycles. The molecule has 0 spiro atoms. The van der Waals surface area contributed by atoms with E-state index in [1.807, 2.05) is 27.1 Å². The minimum atomic E-state index is 0.179. The topological polar surface area (TPSA) is 41.3 Å². The maximum Gasteiger partial charge on any atom is 0.0381 e. The van der Waals surface area contributed by atoms with Gasteiger partial charge in [0.25, 0.3) is 0 Å². The summed E-state index contributed by atoms with van der Waals surface area (Å²) in [4.78, 5) is 2.08. The quantitative estimate of drug-likeness (QED) is 0.761. The molecule has 0 aliphatic rings. The molecule has 0 aliphatic heterocycles. The van der Waals surface area contributed by atoms with Gasteiger partial charge < -0.3 is 16.0 Å². The number of benzene rings is 1. The number of hydrogen-bond acceptors (Lipinski definition) is 3. The van der Waals surface area contributed by atoms with E-state index in [1.54, 1.807) is 0 Å². The van der Waals surface area contributed by atoms with Crippen LogP contribution in [-0.2, 0) is 0 Å². The fourth-order valence-corrected chi connectivity index (χ4v) is 1.17. The number of rotatable bonds is 4. The van der Waals surface area contributed by atoms with Crippen LogP contribution in [0, 0.1) is 0 Å². The fourth-order valence-electron chi connectivity index (χ4n) is 1.17. The summed E-state index contributed by atoms with van der Waals surface area (Å²) in [7, 11) is 4.06. The zero-order chi connectivity index (χ0) is 10.6. The van der Waals surface area contributed by atoms with Crippen LogP contribution >= 0.6 is 0 Å². The molecule has 14 heavy (non-hydrogen) atoms. The third kappa shape index (κ3) is 3.26. The molecule has 0 heterocycles. The first-order chi connectivity index (χ1) is 6.59. The Morgan fingerprint density at radius 2 is 2.14 bits per heavy atom. The molecular formula is C11H19N3. The molecule has 0 saturated carbocycles. The van der Waals surface area contributed by atoms with Crippen molar-refractivity contribution in [2.24, 2.45) is 5.73 Å². The Labute approximate surface area is 85.9 Å². The summed E-state index contributed by atoms with van der Waals surface area (Å²) in [5.41, 5.74) is 7.98. The molecule has 0 saturated heterocycles. The Bertz CT molecular complexity index is 282. The second-order valence-corrected chi connectivity index (χ2v) is 3.80. The average molecular weight is 193 g/mol. The van der Waals surface area contributed by atoms with Crippen molar-refractivity contribution in [3.8, 4) is 0 Å². The maximum absolute atomic E-state index is 5.67. The largest absolute Gasteiger partial charge is 0.383 e. The third-order valence-corrected chi connectivity index (χ3v) is 1.99. The van der Waals surface area contributed by atoms with Gasteiger partial charge in [-0.3, -0.25) is 0 Å². The molecule has 3 heteroatoms. The van der Waals surface area contributed by atoms with Crippen LogP contribution in [0.15, 0.2) is 24.3 Å². The summed E-state index contributed by atoms with van der Waals surface area (Å²) in [6.07, 6.45) is 0. The van der Waals surface area contributed by atoms with E-state index >= 15 is 0 Å². The van der Waals surface area contributed by atoms with Crippen LogP contribution in [-0.4, -0.2) is 26.7 Å². The Balaban J connectivity index is 2.64. The first-order valence-corrected chi connectivity index (χ1v) is 4.86. The molecule has 1 atom stereocenters. The molecule has 1 aromatic carbocycles. The van der Waals surface area contributed by atoms with E-state index in [9.17, 15) is 0 Å². The van der Waals surface area contributed by atoms with Crippen LogP contribution in [0.2, 0.25) is 0 Å². The monoisotopic (exact) mass is 193 g/mol. The lowest BCUT2D eigenvalue weighted by atomic mass is 10.2. The van der Waals surface area contributed by atoms with Gasteiger partial charge in [0.1, 0.15) is 0 Å². The molecule has 0 amide bonds. The first kappa shape index (κ1) is 10.9. The van der Waals surface area contributed by atoms with Crippen LogP contribution in [0.3, 0.4) is 0 Å². The molecule has 1 aromatic rings. The SMILES string of the molecule is CC(N)CNc1cccc(N(C)C)c1. The van der Waals surface area contributed by atoms with Gasteiger partial charge in [0.05, 0.1) is 0 Å². The lowest BCUT2D eigenvalue weighted by Gasteiger charge is -2.15. The van der Waals surface area contributed by atoms with Gasteiger partial charge in [0.15, 0.2) is 0 Å². The van der Waals surface area contributed by atoms with E-state index < -0.39 is 0 Å². The zero-order valence-electron chi connectivity index (χ0n) is 9.12. The van der Waals surface area contributed by atoms with E-state index in [2.05, 4.69) is 28.4 Å². The van der Waals surface area contributed by atoms with Crippen LogP contribution in [0.5, 0.6) is 0 Å². The highest BCUT2D eigenvalue weighted by atomic mass is 15.1. The van der Waals surface area contributed by atoms with Crippen molar-refractivity contribution in [1.82, 2.24) is 0 Å². The predicted molar refractivity (Wildman–Crippen MR) is 62.9 cm³/mol. The van der Waals surface area contributed by atoms with Gasteiger partial charge in [-0.15, -0.1) is 0 Å². The smallest absolute Gasteiger partial charge is 0.0381 e. The average Bonchev–Trinajstić information content (AvgIpc) is 2.15. The number of nitrogens with one attached hydrogen (secondary N) is 1. The van der Waals surface area contributed by atoms with Crippen LogP contribution in [0.25, 0.3) is 0 Å². The number of nitrogens with two attached hydrogens (primary N) is 1. The minimum absolute atomic E-state index is 0.179. The van der Waals surface area contributed by atoms with Gasteiger partial charge in [0.2, 0.25) is 0 Å². The summed E-state index contributed by atoms with van der Waals surface area (Å²) >= 11 is 0. The molecule has 1 rings (SSSR count). The van der Waals surface area contributed by atoms with E-state index in [1.165, 1.54) is 5.69 Å². The molecule has 0 radical (unpaired) electrons. The molecule has 1 unspecified atom stereocenters. The van der Waals surface area contributed by atoms with Gasteiger partial charge >= 0.3 is 0 Å². The molecule has 78 valence electrons. The van der Waals surface area contributed by atoms with Crippen molar-refractivity contribution in [2.75, 3.05) is 30.9 Å². The number of anilines is 2. The number of hydrogen-bond donors (Lipinski definition) is 2. The van der Waals surface area contributed by atoms with Crippen molar-refractivity contribution < 1.29 is 0 Å². The predicted octanol–water partition coefficient (Wildman–Crippen LogP) is 1.51. The normalized spacial score (nSPS) is 12.3. The Kier molecular flexibility index (Phi) is 3.77. The van der Waals surface area contributed by atoms with Crippen LogP contribution in [0.1, 0.15) is 6.92 Å². The van der Waals surface area contributed by atoms with E-state index in [0.717, 1.165) is 12.2 Å². The first-order valence-electron chi connectivity index (χ1n) is 4.86. The van der Waals surface area contributed by atoms with Gasteiger partial charge in [-0.1, -0.05) is 6.07 Å². The molecule has 0 bridgehead atoms. The van der Waals surface area contributed by atoms with Crippen molar-refractivity contribution >= 4 is 11.4 Å². The third-order valence-electron chi connectivity index (χ3n) is 1.99. The maximum atomic E-state index is 5.67. The fraction of sp³-hybridized carbons (Fsp3) is 0.455. The van der Waals surface area contributed by atoms with Gasteiger partial charge in [-0.05, 0) is 25.1 Å². The Morgan fingerprint density at radius 1 is 1.43 bits per heavy atom. The summed E-state index contributed by atoms with van der Waals surface area (Å²) in [5.74, 6) is 0.